The van der Waals surface area contributed by atoms with E-state index in [9.17, 15) is 0 Å². The molecule has 0 unspecified atom stereocenters. The normalized spacial score (nSPS) is 11.6. The Bertz CT molecular complexity index is 587. The summed E-state index contributed by atoms with van der Waals surface area (Å²) in [5.41, 5.74) is 7.58. The van der Waals surface area contributed by atoms with Crippen LogP contribution >= 0.6 is 0 Å². The molecule has 0 fully saturated rings. The summed E-state index contributed by atoms with van der Waals surface area (Å²) in [6, 6.07) is 3.65. The average Bonchev–Trinajstić information content (AvgIpc) is 2.79. The molecule has 0 aliphatic rings. The number of ether oxygens (including phenoxy) is 1. The Morgan fingerprint density at radius 1 is 1.30 bits per heavy atom. The van der Waals surface area contributed by atoms with Crippen LogP contribution in [0.1, 0.15) is 26.5 Å². The van der Waals surface area contributed by atoms with Crippen LogP contribution < -0.4 is 10.5 Å². The van der Waals surface area contributed by atoms with Gasteiger partial charge in [0.2, 0.25) is 0 Å². The number of hydrogen-bond donors (Lipinski definition) is 2. The van der Waals surface area contributed by atoms with Crippen LogP contribution in [0.2, 0.25) is 0 Å². The van der Waals surface area contributed by atoms with Gasteiger partial charge in [0.05, 0.1) is 30.4 Å². The molecule has 2 heterocycles. The van der Waals surface area contributed by atoms with E-state index in [-0.39, 0.29) is 18.6 Å². The third kappa shape index (κ3) is 3.08. The molecule has 0 atom stereocenters. The van der Waals surface area contributed by atoms with E-state index in [1.807, 2.05) is 6.07 Å². The molecule has 20 heavy (non-hydrogen) atoms. The summed E-state index contributed by atoms with van der Waals surface area (Å²) in [4.78, 5) is 4.10. The first-order valence-electron chi connectivity index (χ1n) is 6.47. The minimum Gasteiger partial charge on any atom is -0.490 e. The number of anilines is 1. The number of nitrogens with two attached hydrogens (primary N) is 1. The summed E-state index contributed by atoms with van der Waals surface area (Å²) in [6.07, 6.45) is 3.26. The standard InChI is InChI=1S/C14H20N4O2/c1-14(2,3)12-7-13(15)18(17-12)10-6-11(9-16-8-10)20-5-4-19/h6-9,19H,4-5,15H2,1-3H3. The van der Waals surface area contributed by atoms with Gasteiger partial charge in [-0.25, -0.2) is 4.68 Å². The highest BCUT2D eigenvalue weighted by molar-refractivity contribution is 5.45. The van der Waals surface area contributed by atoms with Crippen molar-refractivity contribution in [1.82, 2.24) is 14.8 Å². The smallest absolute Gasteiger partial charge is 0.139 e. The van der Waals surface area contributed by atoms with Crippen molar-refractivity contribution in [3.8, 4) is 11.4 Å². The molecule has 0 aromatic carbocycles. The number of nitrogens with zero attached hydrogens (tertiary/aromatic N) is 3. The van der Waals surface area contributed by atoms with Gasteiger partial charge in [-0.3, -0.25) is 4.98 Å². The Labute approximate surface area is 118 Å². The largest absolute Gasteiger partial charge is 0.490 e. The van der Waals surface area contributed by atoms with Crippen LogP contribution in [0.4, 0.5) is 5.82 Å². The molecule has 0 amide bonds. The van der Waals surface area contributed by atoms with Gasteiger partial charge < -0.3 is 15.6 Å². The molecule has 0 saturated carbocycles. The van der Waals surface area contributed by atoms with Gasteiger partial charge in [0.25, 0.3) is 0 Å². The van der Waals surface area contributed by atoms with Crippen molar-refractivity contribution in [3.05, 3.63) is 30.2 Å². The average molecular weight is 276 g/mol. The van der Waals surface area contributed by atoms with E-state index < -0.39 is 0 Å². The first kappa shape index (κ1) is 14.3. The maximum Gasteiger partial charge on any atom is 0.139 e. The van der Waals surface area contributed by atoms with Gasteiger partial charge in [0, 0.05) is 17.5 Å². The lowest BCUT2D eigenvalue weighted by Gasteiger charge is -2.14. The number of aliphatic hydroxyl groups excluding tert-OH is 1. The topological polar surface area (TPSA) is 86.2 Å². The maximum absolute atomic E-state index is 8.77. The molecular weight excluding hydrogens is 256 g/mol. The number of aromatic nitrogens is 3. The molecule has 6 heteroatoms. The SMILES string of the molecule is CC(C)(C)c1cc(N)n(-c2cncc(OCCO)c2)n1. The molecule has 2 aromatic rings. The van der Waals surface area contributed by atoms with E-state index in [0.717, 1.165) is 11.4 Å². The van der Waals surface area contributed by atoms with Gasteiger partial charge in [-0.15, -0.1) is 0 Å². The second-order valence-electron chi connectivity index (χ2n) is 5.57. The van der Waals surface area contributed by atoms with Gasteiger partial charge >= 0.3 is 0 Å². The Balaban J connectivity index is 2.34. The molecule has 108 valence electrons. The lowest BCUT2D eigenvalue weighted by Crippen LogP contribution is -2.12. The van der Waals surface area contributed by atoms with Crippen LogP contribution in [0.25, 0.3) is 5.69 Å². The summed E-state index contributed by atoms with van der Waals surface area (Å²) in [7, 11) is 0. The Morgan fingerprint density at radius 2 is 2.05 bits per heavy atom. The highest BCUT2D eigenvalue weighted by atomic mass is 16.5. The second-order valence-corrected chi connectivity index (χ2v) is 5.57. The number of hydrogen-bond acceptors (Lipinski definition) is 5. The summed E-state index contributed by atoms with van der Waals surface area (Å²) >= 11 is 0. The van der Waals surface area contributed by atoms with Gasteiger partial charge in [0.1, 0.15) is 18.2 Å². The second kappa shape index (κ2) is 5.50. The van der Waals surface area contributed by atoms with E-state index in [2.05, 4.69) is 30.9 Å². The fourth-order valence-corrected chi connectivity index (χ4v) is 1.73. The molecule has 0 aliphatic carbocycles. The Kier molecular flexibility index (Phi) is 3.94. The quantitative estimate of drug-likeness (QED) is 0.884. The van der Waals surface area contributed by atoms with Crippen molar-refractivity contribution in [2.24, 2.45) is 0 Å². The molecule has 0 saturated heterocycles. The number of nitrogen functional groups attached to an aromatic ring is 1. The molecule has 2 aromatic heterocycles. The van der Waals surface area contributed by atoms with E-state index in [0.29, 0.717) is 11.6 Å². The lowest BCUT2D eigenvalue weighted by atomic mass is 9.92. The Hall–Kier alpha value is -2.08. The highest BCUT2D eigenvalue weighted by Crippen LogP contribution is 2.25. The number of rotatable bonds is 4. The van der Waals surface area contributed by atoms with Crippen molar-refractivity contribution >= 4 is 5.82 Å². The van der Waals surface area contributed by atoms with Crippen LogP contribution in [0, 0.1) is 0 Å². The summed E-state index contributed by atoms with van der Waals surface area (Å²) < 4.78 is 6.98. The fourth-order valence-electron chi connectivity index (χ4n) is 1.73. The summed E-state index contributed by atoms with van der Waals surface area (Å²) in [6.45, 7) is 6.43. The summed E-state index contributed by atoms with van der Waals surface area (Å²) in [5, 5.41) is 13.3. The van der Waals surface area contributed by atoms with Crippen LogP contribution in [0.5, 0.6) is 5.75 Å². The molecule has 0 radical (unpaired) electrons. The van der Waals surface area contributed by atoms with Crippen LogP contribution in [-0.4, -0.2) is 33.1 Å². The van der Waals surface area contributed by atoms with E-state index in [1.165, 1.54) is 0 Å². The van der Waals surface area contributed by atoms with Crippen molar-refractivity contribution in [1.29, 1.82) is 0 Å². The zero-order valence-corrected chi connectivity index (χ0v) is 12.0. The van der Waals surface area contributed by atoms with Crippen molar-refractivity contribution in [2.45, 2.75) is 26.2 Å². The molecule has 2 rings (SSSR count). The first-order valence-corrected chi connectivity index (χ1v) is 6.47. The molecule has 0 bridgehead atoms. The lowest BCUT2D eigenvalue weighted by molar-refractivity contribution is 0.201. The minimum absolute atomic E-state index is 0.0394. The van der Waals surface area contributed by atoms with E-state index >= 15 is 0 Å². The molecule has 0 spiro atoms. The Morgan fingerprint density at radius 3 is 2.65 bits per heavy atom. The predicted molar refractivity (Wildman–Crippen MR) is 77.1 cm³/mol. The molecular formula is C14H20N4O2. The molecule has 6 nitrogen and oxygen atoms in total. The third-order valence-corrected chi connectivity index (χ3v) is 2.81. The molecule has 0 aliphatic heterocycles. The van der Waals surface area contributed by atoms with Crippen molar-refractivity contribution in [2.75, 3.05) is 18.9 Å². The van der Waals surface area contributed by atoms with Crippen LogP contribution in [-0.2, 0) is 5.41 Å². The first-order chi connectivity index (χ1) is 9.41. The third-order valence-electron chi connectivity index (χ3n) is 2.81. The van der Waals surface area contributed by atoms with Gasteiger partial charge in [-0.1, -0.05) is 20.8 Å². The maximum atomic E-state index is 8.77. The van der Waals surface area contributed by atoms with Crippen molar-refractivity contribution < 1.29 is 9.84 Å². The van der Waals surface area contributed by atoms with Crippen LogP contribution in [0.3, 0.4) is 0 Å². The highest BCUT2D eigenvalue weighted by Gasteiger charge is 2.19. The predicted octanol–water partition coefficient (Wildman–Crippen LogP) is 1.52. The zero-order valence-electron chi connectivity index (χ0n) is 12.0. The van der Waals surface area contributed by atoms with E-state index in [1.54, 1.807) is 23.1 Å². The van der Waals surface area contributed by atoms with E-state index in [4.69, 9.17) is 15.6 Å². The van der Waals surface area contributed by atoms with Gasteiger partial charge in [-0.05, 0) is 0 Å². The van der Waals surface area contributed by atoms with Gasteiger partial charge in [-0.2, -0.15) is 5.10 Å². The number of pyridine rings is 1. The van der Waals surface area contributed by atoms with Crippen molar-refractivity contribution in [3.63, 3.8) is 0 Å². The number of aliphatic hydroxyl groups is 1. The molecule has 3 N–H and O–H groups in total. The van der Waals surface area contributed by atoms with Crippen LogP contribution in [0.15, 0.2) is 24.5 Å². The fraction of sp³-hybridized carbons (Fsp3) is 0.429. The summed E-state index contributed by atoms with van der Waals surface area (Å²) in [5.74, 6) is 1.12. The minimum atomic E-state index is -0.0716. The zero-order chi connectivity index (χ0) is 14.8. The monoisotopic (exact) mass is 276 g/mol. The van der Waals surface area contributed by atoms with Gasteiger partial charge in [0.15, 0.2) is 0 Å².